The van der Waals surface area contributed by atoms with E-state index < -0.39 is 38.0 Å². The molecule has 5 nitrogen and oxygen atoms in total. The summed E-state index contributed by atoms with van der Waals surface area (Å²) in [5.41, 5.74) is 1.88. The van der Waals surface area contributed by atoms with Crippen LogP contribution in [0.5, 0.6) is 0 Å². The molecule has 0 spiro atoms. The summed E-state index contributed by atoms with van der Waals surface area (Å²) in [5, 5.41) is 0. The normalized spacial score (nSPS) is 13.8. The van der Waals surface area contributed by atoms with E-state index in [4.69, 9.17) is 0 Å². The van der Waals surface area contributed by atoms with Crippen LogP contribution in [0.3, 0.4) is 0 Å². The summed E-state index contributed by atoms with van der Waals surface area (Å²) >= 11 is 1.46. The molecule has 1 aliphatic heterocycles. The number of hydrogen-bond acceptors (Lipinski definition) is 5. The molecule has 0 bridgehead atoms. The lowest BCUT2D eigenvalue weighted by Gasteiger charge is -2.11. The standard InChI is InChI=1S/C26H18F4N2O3S2/c1-32-13-18-9-16(2-4-20(18)25(32)33)23-6-7-24(36-23)17-8-15(11-31-12-17)14-37(34,35)19-3-5-22(27)21(10-19)26(28,29)30/h2-12H,13-14H2,1H3. The molecule has 5 rings (SSSR count). The number of hydrogen-bond donors (Lipinski definition) is 0. The van der Waals surface area contributed by atoms with Gasteiger partial charge in [-0.2, -0.15) is 13.2 Å². The number of amides is 1. The fourth-order valence-corrected chi connectivity index (χ4v) is 6.51. The maximum atomic E-state index is 13.6. The van der Waals surface area contributed by atoms with Crippen molar-refractivity contribution in [2.75, 3.05) is 7.05 Å². The van der Waals surface area contributed by atoms with Crippen molar-refractivity contribution < 1.29 is 30.8 Å². The summed E-state index contributed by atoms with van der Waals surface area (Å²) in [6.45, 7) is 0.541. The van der Waals surface area contributed by atoms with Gasteiger partial charge in [0.2, 0.25) is 0 Å². The molecule has 0 radical (unpaired) electrons. The van der Waals surface area contributed by atoms with Crippen molar-refractivity contribution in [1.82, 2.24) is 9.88 Å². The molecule has 37 heavy (non-hydrogen) atoms. The van der Waals surface area contributed by atoms with Crippen molar-refractivity contribution in [3.8, 4) is 20.9 Å². The molecule has 0 fully saturated rings. The summed E-state index contributed by atoms with van der Waals surface area (Å²) in [7, 11) is -2.45. The van der Waals surface area contributed by atoms with Gasteiger partial charge in [0, 0.05) is 46.9 Å². The van der Waals surface area contributed by atoms with Crippen LogP contribution in [0.15, 0.2) is 71.9 Å². The molecule has 0 unspecified atom stereocenters. The van der Waals surface area contributed by atoms with E-state index in [2.05, 4.69) is 4.98 Å². The highest BCUT2D eigenvalue weighted by molar-refractivity contribution is 7.90. The van der Waals surface area contributed by atoms with Gasteiger partial charge in [0.1, 0.15) is 5.82 Å². The van der Waals surface area contributed by atoms with Gasteiger partial charge < -0.3 is 4.90 Å². The minimum Gasteiger partial charge on any atom is -0.337 e. The average Bonchev–Trinajstić information content (AvgIpc) is 3.43. The van der Waals surface area contributed by atoms with Crippen LogP contribution >= 0.6 is 11.3 Å². The van der Waals surface area contributed by atoms with Crippen molar-refractivity contribution in [2.24, 2.45) is 0 Å². The molecule has 11 heteroatoms. The largest absolute Gasteiger partial charge is 0.419 e. The van der Waals surface area contributed by atoms with Crippen LogP contribution in [0.25, 0.3) is 20.9 Å². The Morgan fingerprint density at radius 1 is 0.973 bits per heavy atom. The number of rotatable bonds is 5. The number of sulfone groups is 1. The van der Waals surface area contributed by atoms with E-state index in [-0.39, 0.29) is 11.5 Å². The number of carbonyl (C=O) groups is 1. The Morgan fingerprint density at radius 2 is 1.70 bits per heavy atom. The van der Waals surface area contributed by atoms with E-state index in [1.54, 1.807) is 24.2 Å². The highest BCUT2D eigenvalue weighted by Gasteiger charge is 2.35. The van der Waals surface area contributed by atoms with Crippen LogP contribution in [-0.2, 0) is 28.3 Å². The Morgan fingerprint density at radius 3 is 2.43 bits per heavy atom. The van der Waals surface area contributed by atoms with Crippen LogP contribution in [0.2, 0.25) is 0 Å². The van der Waals surface area contributed by atoms with Crippen molar-refractivity contribution in [3.05, 3.63) is 95.1 Å². The summed E-state index contributed by atoms with van der Waals surface area (Å²) in [4.78, 5) is 19.1. The molecule has 2 aromatic heterocycles. The van der Waals surface area contributed by atoms with Crippen LogP contribution < -0.4 is 0 Å². The van der Waals surface area contributed by atoms with Gasteiger partial charge in [0.25, 0.3) is 5.91 Å². The fraction of sp³-hybridized carbons (Fsp3) is 0.154. The SMILES string of the molecule is CN1Cc2cc(-c3ccc(-c4cncc(CS(=O)(=O)c5ccc(F)c(C(F)(F)F)c5)c4)s3)ccc2C1=O. The Labute approximate surface area is 213 Å². The van der Waals surface area contributed by atoms with Crippen molar-refractivity contribution in [1.29, 1.82) is 0 Å². The lowest BCUT2D eigenvalue weighted by Crippen LogP contribution is -2.17. The Bertz CT molecular complexity index is 1650. The van der Waals surface area contributed by atoms with Crippen LogP contribution in [0.4, 0.5) is 17.6 Å². The highest BCUT2D eigenvalue weighted by atomic mass is 32.2. The van der Waals surface area contributed by atoms with Gasteiger partial charge in [0.05, 0.1) is 16.2 Å². The third kappa shape index (κ3) is 4.88. The van der Waals surface area contributed by atoms with Crippen molar-refractivity contribution >= 4 is 27.1 Å². The topological polar surface area (TPSA) is 67.3 Å². The van der Waals surface area contributed by atoms with E-state index >= 15 is 0 Å². The van der Waals surface area contributed by atoms with E-state index in [0.29, 0.717) is 29.8 Å². The molecule has 3 heterocycles. The minimum atomic E-state index is -5.02. The molecule has 2 aromatic carbocycles. The number of alkyl halides is 3. The number of fused-ring (bicyclic) bond motifs is 1. The van der Waals surface area contributed by atoms with Crippen LogP contribution in [-0.4, -0.2) is 31.3 Å². The minimum absolute atomic E-state index is 0.0125. The van der Waals surface area contributed by atoms with E-state index in [9.17, 15) is 30.8 Å². The van der Waals surface area contributed by atoms with Gasteiger partial charge in [0.15, 0.2) is 9.84 Å². The molecule has 1 amide bonds. The summed E-state index contributed by atoms with van der Waals surface area (Å²) < 4.78 is 78.4. The molecule has 0 saturated carbocycles. The quantitative estimate of drug-likeness (QED) is 0.221. The number of pyridine rings is 1. The average molecular weight is 547 g/mol. The van der Waals surface area contributed by atoms with E-state index in [1.165, 1.54) is 17.5 Å². The molecule has 0 atom stereocenters. The van der Waals surface area contributed by atoms with Crippen molar-refractivity contribution in [3.63, 3.8) is 0 Å². The molecular formula is C26H18F4N2O3S2. The first-order valence-corrected chi connectivity index (χ1v) is 13.4. The third-order valence-electron chi connectivity index (χ3n) is 6.02. The fourth-order valence-electron chi connectivity index (χ4n) is 4.19. The lowest BCUT2D eigenvalue weighted by molar-refractivity contribution is -0.140. The number of carbonyl (C=O) groups excluding carboxylic acids is 1. The van der Waals surface area contributed by atoms with Crippen LogP contribution in [0.1, 0.15) is 27.0 Å². The molecule has 4 aromatic rings. The van der Waals surface area contributed by atoms with E-state index in [1.807, 2.05) is 30.3 Å². The zero-order valence-electron chi connectivity index (χ0n) is 19.2. The number of thiophene rings is 1. The maximum absolute atomic E-state index is 13.6. The predicted octanol–water partition coefficient (Wildman–Crippen LogP) is 6.19. The monoisotopic (exact) mass is 546 g/mol. The first-order chi connectivity index (χ1) is 17.4. The van der Waals surface area contributed by atoms with Gasteiger partial charge in [-0.25, -0.2) is 12.8 Å². The Balaban J connectivity index is 1.40. The highest BCUT2D eigenvalue weighted by Crippen LogP contribution is 2.37. The molecule has 1 aliphatic rings. The summed E-state index contributed by atoms with van der Waals surface area (Å²) in [6.07, 6.45) is -2.11. The summed E-state index contributed by atoms with van der Waals surface area (Å²) in [5.74, 6) is -2.14. The Kier molecular flexibility index (Phi) is 6.15. The lowest BCUT2D eigenvalue weighted by atomic mass is 10.1. The molecule has 0 aliphatic carbocycles. The number of nitrogens with zero attached hydrogens (tertiary/aromatic N) is 2. The van der Waals surface area contributed by atoms with E-state index in [0.717, 1.165) is 26.9 Å². The first kappa shape index (κ1) is 25.1. The Hall–Kier alpha value is -3.57. The number of benzene rings is 2. The predicted molar refractivity (Wildman–Crippen MR) is 131 cm³/mol. The zero-order chi connectivity index (χ0) is 26.5. The van der Waals surface area contributed by atoms with Gasteiger partial charge >= 0.3 is 6.18 Å². The maximum Gasteiger partial charge on any atom is 0.419 e. The smallest absolute Gasteiger partial charge is 0.337 e. The number of halogens is 4. The van der Waals surface area contributed by atoms with Gasteiger partial charge in [-0.3, -0.25) is 9.78 Å². The second-order valence-electron chi connectivity index (χ2n) is 8.68. The first-order valence-electron chi connectivity index (χ1n) is 10.9. The van der Waals surface area contributed by atoms with Crippen LogP contribution in [0, 0.1) is 5.82 Å². The third-order valence-corrected chi connectivity index (χ3v) is 8.89. The second kappa shape index (κ2) is 9.07. The molecular weight excluding hydrogens is 528 g/mol. The molecule has 0 N–H and O–H groups in total. The van der Waals surface area contributed by atoms with Crippen molar-refractivity contribution in [2.45, 2.75) is 23.4 Å². The molecule has 190 valence electrons. The molecule has 0 saturated heterocycles. The number of aromatic nitrogens is 1. The van der Waals surface area contributed by atoms with Gasteiger partial charge in [-0.1, -0.05) is 6.07 Å². The zero-order valence-corrected chi connectivity index (χ0v) is 20.8. The summed E-state index contributed by atoms with van der Waals surface area (Å²) in [6, 6.07) is 12.7. The van der Waals surface area contributed by atoms with Gasteiger partial charge in [-0.05, 0) is 65.2 Å². The van der Waals surface area contributed by atoms with Gasteiger partial charge in [-0.15, -0.1) is 11.3 Å². The second-order valence-corrected chi connectivity index (χ2v) is 11.8.